The fraction of sp³-hybridized carbons (Fsp3) is 0.667. The van der Waals surface area contributed by atoms with Crippen LogP contribution in [0.2, 0.25) is 0 Å². The van der Waals surface area contributed by atoms with E-state index in [4.69, 9.17) is 4.74 Å². The molecule has 120 valence electrons. The van der Waals surface area contributed by atoms with E-state index >= 15 is 0 Å². The molecule has 0 radical (unpaired) electrons. The number of aryl methyl sites for hydroxylation is 1. The second-order valence-electron chi connectivity index (χ2n) is 6.58. The molecule has 0 aliphatic heterocycles. The molecule has 0 heterocycles. The third-order valence-corrected chi connectivity index (χ3v) is 5.09. The zero-order chi connectivity index (χ0) is 16.0. The van der Waals surface area contributed by atoms with Crippen LogP contribution in [0.5, 0.6) is 5.75 Å². The Bertz CT molecular complexity index is 469. The number of hydrogen-bond donors (Lipinski definition) is 1. The molecule has 3 heteroatoms. The fourth-order valence-corrected chi connectivity index (χ4v) is 3.28. The SMILES string of the molecule is CCNCCC(C)(C)CCc1c(C)c(Br)cc(C)c1OC. The Morgan fingerprint density at radius 3 is 2.48 bits per heavy atom. The van der Waals surface area contributed by atoms with Gasteiger partial charge in [-0.2, -0.15) is 0 Å². The standard InChI is InChI=1S/C18H30BrNO/c1-7-20-11-10-18(4,5)9-8-15-14(3)16(19)12-13(2)17(15)21-6/h12,20H,7-11H2,1-6H3. The molecule has 0 amide bonds. The van der Waals surface area contributed by atoms with Crippen molar-refractivity contribution in [3.8, 4) is 5.75 Å². The van der Waals surface area contributed by atoms with Gasteiger partial charge in [-0.25, -0.2) is 0 Å². The molecule has 21 heavy (non-hydrogen) atoms. The van der Waals surface area contributed by atoms with Crippen LogP contribution >= 0.6 is 15.9 Å². The first-order chi connectivity index (χ1) is 9.82. The topological polar surface area (TPSA) is 21.3 Å². The molecule has 0 saturated carbocycles. The maximum Gasteiger partial charge on any atom is 0.125 e. The van der Waals surface area contributed by atoms with Gasteiger partial charge in [0.15, 0.2) is 0 Å². The van der Waals surface area contributed by atoms with E-state index in [1.165, 1.54) is 34.0 Å². The smallest absolute Gasteiger partial charge is 0.125 e. The number of halogens is 1. The van der Waals surface area contributed by atoms with Crippen LogP contribution in [0.4, 0.5) is 0 Å². The minimum Gasteiger partial charge on any atom is -0.496 e. The van der Waals surface area contributed by atoms with E-state index in [0.717, 1.165) is 25.3 Å². The van der Waals surface area contributed by atoms with Crippen LogP contribution in [0.15, 0.2) is 10.5 Å². The summed E-state index contributed by atoms with van der Waals surface area (Å²) in [7, 11) is 1.77. The van der Waals surface area contributed by atoms with Crippen LogP contribution in [-0.4, -0.2) is 20.2 Å². The van der Waals surface area contributed by atoms with Gasteiger partial charge in [0.1, 0.15) is 5.75 Å². The summed E-state index contributed by atoms with van der Waals surface area (Å²) in [5, 5.41) is 3.42. The monoisotopic (exact) mass is 355 g/mol. The van der Waals surface area contributed by atoms with Crippen LogP contribution in [-0.2, 0) is 6.42 Å². The van der Waals surface area contributed by atoms with Gasteiger partial charge in [-0.05, 0) is 74.4 Å². The predicted octanol–water partition coefficient (Wildman–Crippen LogP) is 5.03. The van der Waals surface area contributed by atoms with E-state index in [-0.39, 0.29) is 0 Å². The van der Waals surface area contributed by atoms with Crippen LogP contribution in [0, 0.1) is 19.3 Å². The van der Waals surface area contributed by atoms with Crippen molar-refractivity contribution in [2.24, 2.45) is 5.41 Å². The molecule has 1 aromatic rings. The Labute approximate surface area is 138 Å². The average molecular weight is 356 g/mol. The average Bonchev–Trinajstić information content (AvgIpc) is 2.41. The van der Waals surface area contributed by atoms with Gasteiger partial charge < -0.3 is 10.1 Å². The summed E-state index contributed by atoms with van der Waals surface area (Å²) in [6.07, 6.45) is 3.44. The van der Waals surface area contributed by atoms with Gasteiger partial charge in [0.25, 0.3) is 0 Å². The minimum atomic E-state index is 0.343. The van der Waals surface area contributed by atoms with Crippen molar-refractivity contribution >= 4 is 15.9 Å². The van der Waals surface area contributed by atoms with E-state index < -0.39 is 0 Å². The van der Waals surface area contributed by atoms with E-state index in [2.05, 4.69) is 61.9 Å². The highest BCUT2D eigenvalue weighted by molar-refractivity contribution is 9.10. The van der Waals surface area contributed by atoms with Crippen molar-refractivity contribution < 1.29 is 4.74 Å². The number of nitrogens with one attached hydrogen (secondary N) is 1. The van der Waals surface area contributed by atoms with Crippen molar-refractivity contribution in [1.82, 2.24) is 5.32 Å². The molecule has 0 saturated heterocycles. The molecule has 0 bridgehead atoms. The molecular formula is C18H30BrNO. The molecule has 0 unspecified atom stereocenters. The Morgan fingerprint density at radius 1 is 1.24 bits per heavy atom. The van der Waals surface area contributed by atoms with Crippen LogP contribution in [0.3, 0.4) is 0 Å². The van der Waals surface area contributed by atoms with E-state index in [0.29, 0.717) is 5.41 Å². The number of ether oxygens (including phenoxy) is 1. The van der Waals surface area contributed by atoms with E-state index in [9.17, 15) is 0 Å². The second kappa shape index (κ2) is 8.19. The van der Waals surface area contributed by atoms with Crippen molar-refractivity contribution in [3.05, 3.63) is 27.2 Å². The quantitative estimate of drug-likeness (QED) is 0.660. The first kappa shape index (κ1) is 18.5. The number of rotatable bonds is 8. The Hall–Kier alpha value is -0.540. The van der Waals surface area contributed by atoms with Crippen molar-refractivity contribution in [2.45, 2.75) is 53.9 Å². The summed E-state index contributed by atoms with van der Waals surface area (Å²) in [4.78, 5) is 0. The molecular weight excluding hydrogens is 326 g/mol. The van der Waals surface area contributed by atoms with E-state index in [1.54, 1.807) is 7.11 Å². The number of hydrogen-bond acceptors (Lipinski definition) is 2. The summed E-state index contributed by atoms with van der Waals surface area (Å²) in [6.45, 7) is 13.3. The lowest BCUT2D eigenvalue weighted by Gasteiger charge is -2.26. The minimum absolute atomic E-state index is 0.343. The zero-order valence-corrected chi connectivity index (χ0v) is 16.0. The van der Waals surface area contributed by atoms with Gasteiger partial charge in [0.05, 0.1) is 7.11 Å². The van der Waals surface area contributed by atoms with Gasteiger partial charge in [0.2, 0.25) is 0 Å². The van der Waals surface area contributed by atoms with Crippen LogP contribution in [0.25, 0.3) is 0 Å². The van der Waals surface area contributed by atoms with Crippen LogP contribution < -0.4 is 10.1 Å². The lowest BCUT2D eigenvalue weighted by molar-refractivity contribution is 0.301. The fourth-order valence-electron chi connectivity index (χ4n) is 2.69. The Morgan fingerprint density at radius 2 is 1.90 bits per heavy atom. The largest absolute Gasteiger partial charge is 0.496 e. The molecule has 0 fully saturated rings. The van der Waals surface area contributed by atoms with Crippen molar-refractivity contribution in [2.75, 3.05) is 20.2 Å². The molecule has 0 aliphatic carbocycles. The van der Waals surface area contributed by atoms with Crippen molar-refractivity contribution in [1.29, 1.82) is 0 Å². The number of methoxy groups -OCH3 is 1. The van der Waals surface area contributed by atoms with Gasteiger partial charge in [-0.1, -0.05) is 36.7 Å². The van der Waals surface area contributed by atoms with Gasteiger partial charge >= 0.3 is 0 Å². The predicted molar refractivity (Wildman–Crippen MR) is 95.4 cm³/mol. The van der Waals surface area contributed by atoms with Crippen molar-refractivity contribution in [3.63, 3.8) is 0 Å². The third kappa shape index (κ3) is 5.30. The molecule has 1 N–H and O–H groups in total. The third-order valence-electron chi connectivity index (χ3n) is 4.27. The highest BCUT2D eigenvalue weighted by atomic mass is 79.9. The first-order valence-corrected chi connectivity index (χ1v) is 8.65. The highest BCUT2D eigenvalue weighted by Gasteiger charge is 2.20. The lowest BCUT2D eigenvalue weighted by Crippen LogP contribution is -2.22. The normalized spacial score (nSPS) is 11.8. The highest BCUT2D eigenvalue weighted by Crippen LogP contribution is 2.35. The maximum absolute atomic E-state index is 5.64. The van der Waals surface area contributed by atoms with Gasteiger partial charge in [0, 0.05) is 4.47 Å². The van der Waals surface area contributed by atoms with Gasteiger partial charge in [-0.15, -0.1) is 0 Å². The summed E-state index contributed by atoms with van der Waals surface area (Å²) >= 11 is 3.67. The maximum atomic E-state index is 5.64. The Kier molecular flexibility index (Phi) is 7.22. The molecule has 0 aromatic heterocycles. The summed E-state index contributed by atoms with van der Waals surface area (Å²) in [5.41, 5.74) is 4.20. The molecule has 0 spiro atoms. The van der Waals surface area contributed by atoms with Crippen LogP contribution in [0.1, 0.15) is 50.3 Å². The molecule has 1 aromatic carbocycles. The summed E-state index contributed by atoms with van der Waals surface area (Å²) in [5.74, 6) is 1.05. The molecule has 0 atom stereocenters. The zero-order valence-electron chi connectivity index (χ0n) is 14.4. The Balaban J connectivity index is 2.83. The summed E-state index contributed by atoms with van der Waals surface area (Å²) in [6, 6.07) is 2.15. The molecule has 1 rings (SSSR count). The summed E-state index contributed by atoms with van der Waals surface area (Å²) < 4.78 is 6.82. The lowest BCUT2D eigenvalue weighted by atomic mass is 9.82. The number of benzene rings is 1. The first-order valence-electron chi connectivity index (χ1n) is 7.85. The second-order valence-corrected chi connectivity index (χ2v) is 7.43. The van der Waals surface area contributed by atoms with Gasteiger partial charge in [-0.3, -0.25) is 0 Å². The molecule has 2 nitrogen and oxygen atoms in total. The van der Waals surface area contributed by atoms with E-state index in [1.807, 2.05) is 0 Å². The molecule has 0 aliphatic rings.